The van der Waals surface area contributed by atoms with Crippen molar-refractivity contribution in [3.63, 3.8) is 0 Å². The normalized spacial score (nSPS) is 10.9. The summed E-state index contributed by atoms with van der Waals surface area (Å²) in [6.07, 6.45) is 4.40. The number of nitrogens with one attached hydrogen (secondary N) is 2. The van der Waals surface area contributed by atoms with Gasteiger partial charge in [-0.25, -0.2) is 4.79 Å². The van der Waals surface area contributed by atoms with Gasteiger partial charge in [0.2, 0.25) is 5.82 Å². The number of nitrogens with zero attached hydrogens (tertiary/aromatic N) is 2. The number of aromatic nitrogens is 2. The molecule has 3 rings (SSSR count). The number of carbonyl (C=O) groups excluding carboxylic acids is 1. The van der Waals surface area contributed by atoms with E-state index in [0.29, 0.717) is 29.0 Å². The number of amides is 2. The first-order valence-corrected chi connectivity index (χ1v) is 8.95. The van der Waals surface area contributed by atoms with E-state index in [0.717, 1.165) is 17.5 Å². The van der Waals surface area contributed by atoms with E-state index in [4.69, 9.17) is 16.1 Å². The standard InChI is InChI=1S/C20H19ClN4O2/c1-2-12-22-20(26)23-16-8-5-7-15(13-16)19-24-18(27-25-19)11-10-14-6-3-4-9-17(14)21/h3-11,13H,2,12H2,1H3,(H2,22,23,26). The second kappa shape index (κ2) is 9.00. The predicted molar refractivity (Wildman–Crippen MR) is 107 cm³/mol. The van der Waals surface area contributed by atoms with Gasteiger partial charge in [-0.1, -0.05) is 54.0 Å². The third-order valence-electron chi connectivity index (χ3n) is 3.67. The molecule has 1 aromatic heterocycles. The average molecular weight is 383 g/mol. The molecule has 2 N–H and O–H groups in total. The molecule has 0 unspecified atom stereocenters. The van der Waals surface area contributed by atoms with Crippen LogP contribution >= 0.6 is 11.6 Å². The lowest BCUT2D eigenvalue weighted by Gasteiger charge is -2.07. The van der Waals surface area contributed by atoms with Gasteiger partial charge in [0.1, 0.15) is 0 Å². The minimum Gasteiger partial charge on any atom is -0.338 e. The fourth-order valence-electron chi connectivity index (χ4n) is 2.34. The summed E-state index contributed by atoms with van der Waals surface area (Å²) in [5.41, 5.74) is 2.26. The van der Waals surface area contributed by atoms with Crippen molar-refractivity contribution in [1.82, 2.24) is 15.5 Å². The van der Waals surface area contributed by atoms with Crippen molar-refractivity contribution < 1.29 is 9.32 Å². The number of urea groups is 1. The summed E-state index contributed by atoms with van der Waals surface area (Å²) < 4.78 is 5.26. The van der Waals surface area contributed by atoms with E-state index < -0.39 is 0 Å². The Labute approximate surface area is 162 Å². The maximum atomic E-state index is 11.8. The SMILES string of the molecule is CCCNC(=O)Nc1cccc(-c2noc(C=Cc3ccccc3Cl)n2)c1. The summed E-state index contributed by atoms with van der Waals surface area (Å²) in [5.74, 6) is 0.801. The van der Waals surface area contributed by atoms with E-state index in [1.54, 1.807) is 18.2 Å². The zero-order valence-corrected chi connectivity index (χ0v) is 15.5. The van der Waals surface area contributed by atoms with Crippen molar-refractivity contribution in [2.24, 2.45) is 0 Å². The smallest absolute Gasteiger partial charge is 0.319 e. The summed E-state index contributed by atoms with van der Waals surface area (Å²) in [4.78, 5) is 16.1. The van der Waals surface area contributed by atoms with Crippen molar-refractivity contribution in [1.29, 1.82) is 0 Å². The highest BCUT2D eigenvalue weighted by atomic mass is 35.5. The Morgan fingerprint density at radius 2 is 2.04 bits per heavy atom. The van der Waals surface area contributed by atoms with Crippen LogP contribution in [0, 0.1) is 0 Å². The van der Waals surface area contributed by atoms with Gasteiger partial charge >= 0.3 is 6.03 Å². The molecular formula is C20H19ClN4O2. The summed E-state index contributed by atoms with van der Waals surface area (Å²) in [7, 11) is 0. The van der Waals surface area contributed by atoms with Crippen LogP contribution in [0.4, 0.5) is 10.5 Å². The first-order valence-electron chi connectivity index (χ1n) is 8.57. The summed E-state index contributed by atoms with van der Waals surface area (Å²) >= 11 is 6.12. The summed E-state index contributed by atoms with van der Waals surface area (Å²) in [5, 5.41) is 10.2. The number of rotatable bonds is 6. The molecule has 0 radical (unpaired) electrons. The molecular weight excluding hydrogens is 364 g/mol. The van der Waals surface area contributed by atoms with Crippen LogP contribution in [0.5, 0.6) is 0 Å². The van der Waals surface area contributed by atoms with Gasteiger partial charge < -0.3 is 15.2 Å². The Morgan fingerprint density at radius 3 is 2.85 bits per heavy atom. The van der Waals surface area contributed by atoms with Crippen molar-refractivity contribution in [2.45, 2.75) is 13.3 Å². The molecule has 0 bridgehead atoms. The molecule has 2 aromatic carbocycles. The molecule has 138 valence electrons. The largest absolute Gasteiger partial charge is 0.338 e. The second-order valence-corrected chi connectivity index (χ2v) is 6.18. The number of benzene rings is 2. The van der Waals surface area contributed by atoms with Gasteiger partial charge in [-0.05, 0) is 36.3 Å². The van der Waals surface area contributed by atoms with Crippen LogP contribution < -0.4 is 10.6 Å². The fourth-order valence-corrected chi connectivity index (χ4v) is 2.54. The fraction of sp³-hybridized carbons (Fsp3) is 0.150. The Morgan fingerprint density at radius 1 is 1.19 bits per heavy atom. The lowest BCUT2D eigenvalue weighted by atomic mass is 10.2. The zero-order chi connectivity index (χ0) is 19.1. The third-order valence-corrected chi connectivity index (χ3v) is 4.01. The molecule has 6 nitrogen and oxygen atoms in total. The number of anilines is 1. The van der Waals surface area contributed by atoms with Crippen LogP contribution in [0.1, 0.15) is 24.8 Å². The van der Waals surface area contributed by atoms with Crippen molar-refractivity contribution in [3.05, 3.63) is 65.0 Å². The Balaban J connectivity index is 1.72. The highest BCUT2D eigenvalue weighted by Gasteiger charge is 2.08. The van der Waals surface area contributed by atoms with Crippen molar-refractivity contribution >= 4 is 35.5 Å². The van der Waals surface area contributed by atoms with Gasteiger partial charge in [-0.3, -0.25) is 0 Å². The third kappa shape index (κ3) is 5.18. The zero-order valence-electron chi connectivity index (χ0n) is 14.8. The monoisotopic (exact) mass is 382 g/mol. The van der Waals surface area contributed by atoms with E-state index in [-0.39, 0.29) is 6.03 Å². The number of hydrogen-bond acceptors (Lipinski definition) is 4. The maximum Gasteiger partial charge on any atom is 0.319 e. The van der Waals surface area contributed by atoms with Crippen LogP contribution in [-0.4, -0.2) is 22.7 Å². The van der Waals surface area contributed by atoms with Gasteiger partial charge in [0.15, 0.2) is 0 Å². The lowest BCUT2D eigenvalue weighted by molar-refractivity contribution is 0.252. The van der Waals surface area contributed by atoms with Gasteiger partial charge in [0.25, 0.3) is 5.89 Å². The van der Waals surface area contributed by atoms with Gasteiger partial charge in [0, 0.05) is 28.9 Å². The van der Waals surface area contributed by atoms with E-state index in [1.165, 1.54) is 0 Å². The van der Waals surface area contributed by atoms with Gasteiger partial charge in [-0.2, -0.15) is 4.98 Å². The topological polar surface area (TPSA) is 80.0 Å². The van der Waals surface area contributed by atoms with Gasteiger partial charge in [-0.15, -0.1) is 0 Å². The van der Waals surface area contributed by atoms with Crippen molar-refractivity contribution in [2.75, 3.05) is 11.9 Å². The van der Waals surface area contributed by atoms with Crippen LogP contribution in [0.15, 0.2) is 53.1 Å². The highest BCUT2D eigenvalue weighted by Crippen LogP contribution is 2.21. The van der Waals surface area contributed by atoms with Crippen LogP contribution in [0.2, 0.25) is 5.02 Å². The number of carbonyl (C=O) groups is 1. The minimum atomic E-state index is -0.245. The maximum absolute atomic E-state index is 11.8. The van der Waals surface area contributed by atoms with Crippen LogP contribution in [0.25, 0.3) is 23.5 Å². The molecule has 0 saturated heterocycles. The Kier molecular flexibility index (Phi) is 6.22. The molecule has 0 saturated carbocycles. The molecule has 7 heteroatoms. The first-order chi connectivity index (χ1) is 13.2. The molecule has 0 atom stereocenters. The molecule has 0 aliphatic rings. The summed E-state index contributed by atoms with van der Waals surface area (Å²) in [6.45, 7) is 2.62. The average Bonchev–Trinajstić information content (AvgIpc) is 3.15. The second-order valence-electron chi connectivity index (χ2n) is 5.77. The first kappa shape index (κ1) is 18.7. The molecule has 3 aromatic rings. The minimum absolute atomic E-state index is 0.245. The van der Waals surface area contributed by atoms with E-state index in [1.807, 2.05) is 49.4 Å². The molecule has 0 aliphatic carbocycles. The molecule has 27 heavy (non-hydrogen) atoms. The molecule has 0 spiro atoms. The Bertz CT molecular complexity index is 952. The van der Waals surface area contributed by atoms with Crippen molar-refractivity contribution in [3.8, 4) is 11.4 Å². The number of halogens is 1. The van der Waals surface area contributed by atoms with Gasteiger partial charge in [0.05, 0.1) is 0 Å². The van der Waals surface area contributed by atoms with Crippen LogP contribution in [0.3, 0.4) is 0 Å². The van der Waals surface area contributed by atoms with Crippen LogP contribution in [-0.2, 0) is 0 Å². The highest BCUT2D eigenvalue weighted by molar-refractivity contribution is 6.32. The molecule has 0 aliphatic heterocycles. The molecule has 0 fully saturated rings. The lowest BCUT2D eigenvalue weighted by Crippen LogP contribution is -2.29. The van der Waals surface area contributed by atoms with E-state index in [9.17, 15) is 4.79 Å². The molecule has 1 heterocycles. The Hall–Kier alpha value is -3.12. The summed E-state index contributed by atoms with van der Waals surface area (Å²) in [6, 6.07) is 14.5. The predicted octanol–water partition coefficient (Wildman–Crippen LogP) is 5.09. The quantitative estimate of drug-likeness (QED) is 0.622. The van der Waals surface area contributed by atoms with E-state index in [2.05, 4.69) is 20.8 Å². The van der Waals surface area contributed by atoms with E-state index >= 15 is 0 Å². The molecule has 2 amide bonds. The number of hydrogen-bond donors (Lipinski definition) is 2.